The first kappa shape index (κ1) is 14.7. The highest BCUT2D eigenvalue weighted by atomic mass is 32.2. The topological polar surface area (TPSA) is 60.2 Å². The van der Waals surface area contributed by atoms with Gasteiger partial charge in [-0.15, -0.1) is 0 Å². The van der Waals surface area contributed by atoms with Gasteiger partial charge < -0.3 is 5.73 Å². The minimum atomic E-state index is -0.113. The van der Waals surface area contributed by atoms with Gasteiger partial charge in [0.15, 0.2) is 11.6 Å². The fraction of sp³-hybridized carbons (Fsp3) is 0. The van der Waals surface area contributed by atoms with E-state index in [1.807, 2.05) is 30.3 Å². The van der Waals surface area contributed by atoms with E-state index in [4.69, 9.17) is 5.73 Å². The van der Waals surface area contributed by atoms with E-state index < -0.39 is 0 Å². The predicted molar refractivity (Wildman–Crippen MR) is 94.7 cm³/mol. The van der Waals surface area contributed by atoms with E-state index in [1.165, 1.54) is 11.8 Å². The maximum absolute atomic E-state index is 13.0. The molecule has 0 radical (unpaired) electrons. The quantitative estimate of drug-likeness (QED) is 0.559. The normalized spacial score (nSPS) is 12.7. The Morgan fingerprint density at radius 1 is 0.625 bits per heavy atom. The fourth-order valence-corrected chi connectivity index (χ4v) is 3.91. The number of rotatable bonds is 2. The number of carbonyl (C=O) groups excluding carboxylic acids is 2. The number of nitrogen functional groups attached to an aromatic ring is 1. The molecule has 0 fully saturated rings. The van der Waals surface area contributed by atoms with Crippen LogP contribution in [0.25, 0.3) is 0 Å². The van der Waals surface area contributed by atoms with Crippen molar-refractivity contribution in [3.63, 3.8) is 0 Å². The van der Waals surface area contributed by atoms with Crippen LogP contribution in [0, 0.1) is 0 Å². The number of fused-ring (bicyclic) bond motifs is 2. The Morgan fingerprint density at radius 2 is 1.21 bits per heavy atom. The van der Waals surface area contributed by atoms with E-state index in [0.717, 1.165) is 9.79 Å². The summed E-state index contributed by atoms with van der Waals surface area (Å²) in [5.41, 5.74) is 8.51. The van der Waals surface area contributed by atoms with Crippen LogP contribution in [0.3, 0.4) is 0 Å². The van der Waals surface area contributed by atoms with Crippen molar-refractivity contribution in [2.45, 2.75) is 9.79 Å². The molecule has 116 valence electrons. The van der Waals surface area contributed by atoms with Gasteiger partial charge in [0.1, 0.15) is 0 Å². The first-order valence-electron chi connectivity index (χ1n) is 7.50. The summed E-state index contributed by atoms with van der Waals surface area (Å²) in [5, 5.41) is 0. The number of carbonyl (C=O) groups is 2. The molecule has 4 rings (SSSR count). The van der Waals surface area contributed by atoms with Crippen molar-refractivity contribution in [2.75, 3.05) is 5.73 Å². The zero-order valence-electron chi connectivity index (χ0n) is 12.7. The van der Waals surface area contributed by atoms with Gasteiger partial charge in [-0.05, 0) is 18.2 Å². The van der Waals surface area contributed by atoms with E-state index in [0.29, 0.717) is 27.9 Å². The van der Waals surface area contributed by atoms with Gasteiger partial charge in [0.2, 0.25) is 0 Å². The van der Waals surface area contributed by atoms with E-state index in [9.17, 15) is 9.59 Å². The number of nitrogens with two attached hydrogens (primary N) is 1. The van der Waals surface area contributed by atoms with Crippen molar-refractivity contribution in [3.05, 3.63) is 89.0 Å². The van der Waals surface area contributed by atoms with Crippen LogP contribution in [-0.2, 0) is 0 Å². The van der Waals surface area contributed by atoms with Crippen LogP contribution in [0.2, 0.25) is 0 Å². The molecule has 0 bridgehead atoms. The Morgan fingerprint density at radius 3 is 1.96 bits per heavy atom. The van der Waals surface area contributed by atoms with Gasteiger partial charge in [-0.3, -0.25) is 9.59 Å². The number of hydrogen-bond acceptors (Lipinski definition) is 4. The molecule has 0 heterocycles. The number of ketones is 2. The highest BCUT2D eigenvalue weighted by Crippen LogP contribution is 2.38. The van der Waals surface area contributed by atoms with Crippen LogP contribution in [0.15, 0.2) is 76.5 Å². The molecular weight excluding hydrogens is 318 g/mol. The second-order valence-electron chi connectivity index (χ2n) is 5.52. The summed E-state index contributed by atoms with van der Waals surface area (Å²) < 4.78 is 0. The van der Waals surface area contributed by atoms with Crippen molar-refractivity contribution in [1.29, 1.82) is 0 Å². The first-order chi connectivity index (χ1) is 11.7. The lowest BCUT2D eigenvalue weighted by Crippen LogP contribution is -2.21. The molecular formula is C20H13NO2S. The van der Waals surface area contributed by atoms with Gasteiger partial charge in [-0.1, -0.05) is 60.3 Å². The van der Waals surface area contributed by atoms with Crippen molar-refractivity contribution in [1.82, 2.24) is 0 Å². The average Bonchev–Trinajstić information content (AvgIpc) is 2.61. The van der Waals surface area contributed by atoms with Crippen LogP contribution < -0.4 is 5.73 Å². The lowest BCUT2D eigenvalue weighted by molar-refractivity contribution is 0.0977. The minimum Gasteiger partial charge on any atom is -0.398 e. The van der Waals surface area contributed by atoms with Crippen molar-refractivity contribution < 1.29 is 9.59 Å². The number of para-hydroxylation sites is 1. The minimum absolute atomic E-state index is 0.108. The van der Waals surface area contributed by atoms with Crippen LogP contribution in [0.1, 0.15) is 31.8 Å². The van der Waals surface area contributed by atoms with Gasteiger partial charge in [-0.2, -0.15) is 0 Å². The molecule has 24 heavy (non-hydrogen) atoms. The van der Waals surface area contributed by atoms with Gasteiger partial charge in [0.05, 0.1) is 0 Å². The molecule has 0 unspecified atom stereocenters. The molecule has 0 saturated carbocycles. The Hall–Kier alpha value is -2.85. The summed E-state index contributed by atoms with van der Waals surface area (Å²) in [4.78, 5) is 27.3. The molecule has 0 atom stereocenters. The lowest BCUT2D eigenvalue weighted by atomic mass is 9.84. The number of anilines is 1. The van der Waals surface area contributed by atoms with Gasteiger partial charge in [0.25, 0.3) is 0 Å². The molecule has 0 spiro atoms. The summed E-state index contributed by atoms with van der Waals surface area (Å²) in [6.07, 6.45) is 0. The molecule has 3 aromatic carbocycles. The Labute approximate surface area is 143 Å². The van der Waals surface area contributed by atoms with Crippen molar-refractivity contribution in [2.24, 2.45) is 0 Å². The maximum Gasteiger partial charge on any atom is 0.195 e. The smallest absolute Gasteiger partial charge is 0.195 e. The van der Waals surface area contributed by atoms with E-state index in [-0.39, 0.29) is 11.6 Å². The molecule has 3 aromatic rings. The molecule has 1 aliphatic rings. The SMILES string of the molecule is Nc1ccccc1Sc1cccc2c1C(=O)c1ccccc1C2=O. The zero-order valence-corrected chi connectivity index (χ0v) is 13.5. The van der Waals surface area contributed by atoms with Gasteiger partial charge >= 0.3 is 0 Å². The molecule has 2 N–H and O–H groups in total. The second-order valence-corrected chi connectivity index (χ2v) is 6.61. The monoisotopic (exact) mass is 331 g/mol. The largest absolute Gasteiger partial charge is 0.398 e. The third kappa shape index (κ3) is 2.23. The Balaban J connectivity index is 1.87. The molecule has 4 heteroatoms. The number of benzene rings is 3. The molecule has 0 aliphatic heterocycles. The van der Waals surface area contributed by atoms with Crippen LogP contribution in [0.4, 0.5) is 5.69 Å². The van der Waals surface area contributed by atoms with Gasteiger partial charge in [0, 0.05) is 37.7 Å². The first-order valence-corrected chi connectivity index (χ1v) is 8.32. The molecule has 0 aromatic heterocycles. The van der Waals surface area contributed by atoms with Crippen molar-refractivity contribution >= 4 is 29.0 Å². The summed E-state index contributed by atoms with van der Waals surface area (Å²) in [6.45, 7) is 0. The van der Waals surface area contributed by atoms with E-state index >= 15 is 0 Å². The number of hydrogen-bond donors (Lipinski definition) is 1. The lowest BCUT2D eigenvalue weighted by Gasteiger charge is -2.20. The predicted octanol–water partition coefficient (Wildman–Crippen LogP) is 4.20. The van der Waals surface area contributed by atoms with Crippen LogP contribution in [0.5, 0.6) is 0 Å². The standard InChI is InChI=1S/C20H13NO2S/c21-15-9-3-4-10-16(15)24-17-11-5-8-14-18(17)20(23)13-7-2-1-6-12(13)19(14)22/h1-11H,21H2. The Kier molecular flexibility index (Phi) is 3.47. The summed E-state index contributed by atoms with van der Waals surface area (Å²) in [6, 6.07) is 19.8. The Bertz CT molecular complexity index is 994. The molecule has 0 saturated heterocycles. The zero-order chi connectivity index (χ0) is 16.7. The van der Waals surface area contributed by atoms with Gasteiger partial charge in [-0.25, -0.2) is 0 Å². The average molecular weight is 331 g/mol. The third-order valence-electron chi connectivity index (χ3n) is 4.05. The summed E-state index contributed by atoms with van der Waals surface area (Å²) in [7, 11) is 0. The second kappa shape index (κ2) is 5.65. The molecule has 0 amide bonds. The van der Waals surface area contributed by atoms with Crippen LogP contribution in [-0.4, -0.2) is 11.6 Å². The highest BCUT2D eigenvalue weighted by Gasteiger charge is 2.31. The summed E-state index contributed by atoms with van der Waals surface area (Å²) >= 11 is 1.41. The highest BCUT2D eigenvalue weighted by molar-refractivity contribution is 7.99. The summed E-state index contributed by atoms with van der Waals surface area (Å²) in [5.74, 6) is -0.221. The van der Waals surface area contributed by atoms with E-state index in [1.54, 1.807) is 36.4 Å². The fourth-order valence-electron chi connectivity index (χ4n) is 2.89. The maximum atomic E-state index is 13.0. The third-order valence-corrected chi connectivity index (χ3v) is 5.20. The molecule has 1 aliphatic carbocycles. The van der Waals surface area contributed by atoms with Crippen molar-refractivity contribution in [3.8, 4) is 0 Å². The van der Waals surface area contributed by atoms with E-state index in [2.05, 4.69) is 0 Å². The van der Waals surface area contributed by atoms with Crippen LogP contribution >= 0.6 is 11.8 Å². The molecule has 3 nitrogen and oxygen atoms in total.